The second kappa shape index (κ2) is 7.03. The summed E-state index contributed by atoms with van der Waals surface area (Å²) < 4.78 is 0. The number of likely N-dealkylation sites (N-methyl/N-ethyl adjacent to an activating group) is 1. The van der Waals surface area contributed by atoms with Gasteiger partial charge in [-0.1, -0.05) is 36.0 Å². The number of carbonyl (C=O) groups is 2. The molecule has 2 aromatic carbocycles. The van der Waals surface area contributed by atoms with E-state index in [2.05, 4.69) is 34.5 Å². The third kappa shape index (κ3) is 3.05. The highest BCUT2D eigenvalue weighted by Gasteiger charge is 2.31. The zero-order valence-electron chi connectivity index (χ0n) is 14.6. The zero-order chi connectivity index (χ0) is 18.1. The maximum atomic E-state index is 12.7. The van der Waals surface area contributed by atoms with Crippen LogP contribution in [0.2, 0.25) is 0 Å². The van der Waals surface area contributed by atoms with Crippen LogP contribution in [0.4, 0.5) is 11.4 Å². The van der Waals surface area contributed by atoms with Crippen LogP contribution in [0.25, 0.3) is 0 Å². The van der Waals surface area contributed by atoms with Gasteiger partial charge in [0, 0.05) is 36.3 Å². The minimum absolute atomic E-state index is 0.000221. The molecule has 2 aromatic rings. The van der Waals surface area contributed by atoms with Crippen molar-refractivity contribution >= 4 is 35.0 Å². The first kappa shape index (κ1) is 17.0. The van der Waals surface area contributed by atoms with E-state index in [0.29, 0.717) is 25.9 Å². The number of para-hydroxylation sites is 2. The van der Waals surface area contributed by atoms with Gasteiger partial charge in [-0.05, 0) is 30.7 Å². The number of nitrogens with one attached hydrogen (secondary N) is 1. The van der Waals surface area contributed by atoms with Crippen molar-refractivity contribution in [1.82, 2.24) is 10.2 Å². The molecular weight excluding hydrogens is 346 g/mol. The number of fused-ring (bicyclic) bond motifs is 2. The van der Waals surface area contributed by atoms with Gasteiger partial charge in [0.05, 0.1) is 11.4 Å². The highest BCUT2D eigenvalue weighted by Crippen LogP contribution is 2.47. The highest BCUT2D eigenvalue weighted by atomic mass is 32.2. The largest absolute Gasteiger partial charge is 0.354 e. The lowest BCUT2D eigenvalue weighted by molar-refractivity contribution is -0.137. The number of rotatable bonds is 4. The number of benzene rings is 2. The first-order valence-electron chi connectivity index (χ1n) is 8.82. The minimum Gasteiger partial charge on any atom is -0.354 e. The fraction of sp³-hybridized carbons (Fsp3) is 0.300. The molecule has 1 atom stereocenters. The van der Waals surface area contributed by atoms with E-state index in [1.54, 1.807) is 23.7 Å². The van der Waals surface area contributed by atoms with Crippen LogP contribution in [0.1, 0.15) is 12.8 Å². The van der Waals surface area contributed by atoms with E-state index < -0.39 is 0 Å². The van der Waals surface area contributed by atoms with Gasteiger partial charge < -0.3 is 15.1 Å². The molecule has 0 spiro atoms. The van der Waals surface area contributed by atoms with Gasteiger partial charge in [-0.15, -0.1) is 0 Å². The zero-order valence-corrected chi connectivity index (χ0v) is 15.5. The predicted octanol–water partition coefficient (Wildman–Crippen LogP) is 3.03. The fourth-order valence-corrected chi connectivity index (χ4v) is 4.63. The summed E-state index contributed by atoms with van der Waals surface area (Å²) >= 11 is 1.76. The van der Waals surface area contributed by atoms with Crippen LogP contribution in [-0.4, -0.2) is 42.9 Å². The van der Waals surface area contributed by atoms with Gasteiger partial charge in [-0.25, -0.2) is 0 Å². The molecule has 0 aliphatic carbocycles. The fourth-order valence-electron chi connectivity index (χ4n) is 3.53. The molecule has 5 nitrogen and oxygen atoms in total. The summed E-state index contributed by atoms with van der Waals surface area (Å²) in [5.74, 6) is -0.0499. The summed E-state index contributed by atoms with van der Waals surface area (Å²) in [7, 11) is 1.73. The second-order valence-corrected chi connectivity index (χ2v) is 7.62. The molecule has 0 aromatic heterocycles. The Bertz CT molecular complexity index is 809. The standard InChI is InChI=1S/C20H21N3O2S/c1-22(16-10-12-21-20(16)25)19(24)11-13-23-14-6-2-4-8-17(14)26-18-9-5-3-7-15(18)23/h2-9,16H,10-13H2,1H3,(H,21,25). The lowest BCUT2D eigenvalue weighted by Crippen LogP contribution is -2.42. The molecule has 2 aliphatic rings. The first-order chi connectivity index (χ1) is 12.6. The average molecular weight is 367 g/mol. The van der Waals surface area contributed by atoms with Crippen LogP contribution in [0.5, 0.6) is 0 Å². The lowest BCUT2D eigenvalue weighted by Gasteiger charge is -2.33. The molecule has 2 amide bonds. The van der Waals surface area contributed by atoms with E-state index in [4.69, 9.17) is 0 Å². The number of carbonyl (C=O) groups excluding carboxylic acids is 2. The SMILES string of the molecule is CN(C(=O)CCN1c2ccccc2Sc2ccccc21)C1CCNC1=O. The Morgan fingerprint density at radius 3 is 2.35 bits per heavy atom. The van der Waals surface area contributed by atoms with E-state index >= 15 is 0 Å². The first-order valence-corrected chi connectivity index (χ1v) is 9.63. The lowest BCUT2D eigenvalue weighted by atomic mass is 10.2. The molecule has 0 saturated carbocycles. The van der Waals surface area contributed by atoms with E-state index in [-0.39, 0.29) is 17.9 Å². The molecule has 26 heavy (non-hydrogen) atoms. The van der Waals surface area contributed by atoms with E-state index in [0.717, 1.165) is 11.4 Å². The van der Waals surface area contributed by atoms with Gasteiger partial charge in [-0.2, -0.15) is 0 Å². The van der Waals surface area contributed by atoms with Crippen molar-refractivity contribution in [2.24, 2.45) is 0 Å². The van der Waals surface area contributed by atoms with Crippen LogP contribution in [0, 0.1) is 0 Å². The number of nitrogens with zero attached hydrogens (tertiary/aromatic N) is 2. The molecule has 2 aliphatic heterocycles. The Hall–Kier alpha value is -2.47. The summed E-state index contributed by atoms with van der Waals surface area (Å²) in [6.45, 7) is 1.23. The molecule has 0 radical (unpaired) electrons. The molecule has 1 saturated heterocycles. The molecule has 134 valence electrons. The molecule has 1 fully saturated rings. The molecule has 4 rings (SSSR count). The van der Waals surface area contributed by atoms with Gasteiger partial charge in [0.25, 0.3) is 0 Å². The van der Waals surface area contributed by atoms with Gasteiger partial charge in [-0.3, -0.25) is 9.59 Å². The molecule has 1 unspecified atom stereocenters. The number of hydrogen-bond acceptors (Lipinski definition) is 4. The van der Waals surface area contributed by atoms with Crippen molar-refractivity contribution in [3.8, 4) is 0 Å². The minimum atomic E-state index is -0.334. The maximum Gasteiger partial charge on any atom is 0.242 e. The summed E-state index contributed by atoms with van der Waals surface area (Å²) in [4.78, 5) is 30.7. The van der Waals surface area contributed by atoms with Crippen molar-refractivity contribution in [3.05, 3.63) is 48.5 Å². The molecule has 0 bridgehead atoms. The summed E-state index contributed by atoms with van der Waals surface area (Å²) in [5, 5.41) is 2.79. The third-order valence-corrected chi connectivity index (χ3v) is 6.09. The number of amides is 2. The Labute approximate surface area is 157 Å². The Morgan fingerprint density at radius 1 is 1.15 bits per heavy atom. The van der Waals surface area contributed by atoms with Crippen LogP contribution in [-0.2, 0) is 9.59 Å². The quantitative estimate of drug-likeness (QED) is 0.903. The van der Waals surface area contributed by atoms with Gasteiger partial charge in [0.15, 0.2) is 0 Å². The van der Waals surface area contributed by atoms with Gasteiger partial charge in [0.1, 0.15) is 6.04 Å². The van der Waals surface area contributed by atoms with E-state index in [9.17, 15) is 9.59 Å². The maximum absolute atomic E-state index is 12.7. The highest BCUT2D eigenvalue weighted by molar-refractivity contribution is 7.99. The van der Waals surface area contributed by atoms with Crippen molar-refractivity contribution < 1.29 is 9.59 Å². The molecule has 1 N–H and O–H groups in total. The topological polar surface area (TPSA) is 52.7 Å². The smallest absolute Gasteiger partial charge is 0.242 e. The van der Waals surface area contributed by atoms with Crippen molar-refractivity contribution in [1.29, 1.82) is 0 Å². The normalized spacial score (nSPS) is 18.1. The molecule has 2 heterocycles. The molecule has 6 heteroatoms. The van der Waals surface area contributed by atoms with Crippen LogP contribution in [0.15, 0.2) is 58.3 Å². The Morgan fingerprint density at radius 2 is 1.77 bits per heavy atom. The van der Waals surface area contributed by atoms with Crippen LogP contribution >= 0.6 is 11.8 Å². The number of anilines is 2. The summed E-state index contributed by atoms with van der Waals surface area (Å²) in [6.07, 6.45) is 1.06. The van der Waals surface area contributed by atoms with E-state index in [1.165, 1.54) is 9.79 Å². The monoisotopic (exact) mass is 367 g/mol. The Balaban J connectivity index is 1.53. The van der Waals surface area contributed by atoms with Crippen molar-refractivity contribution in [2.75, 3.05) is 25.0 Å². The van der Waals surface area contributed by atoms with E-state index in [1.807, 2.05) is 24.3 Å². The van der Waals surface area contributed by atoms with Gasteiger partial charge >= 0.3 is 0 Å². The van der Waals surface area contributed by atoms with Crippen LogP contribution < -0.4 is 10.2 Å². The number of hydrogen-bond donors (Lipinski definition) is 1. The third-order valence-electron chi connectivity index (χ3n) is 4.96. The average Bonchev–Trinajstić information content (AvgIpc) is 3.10. The van der Waals surface area contributed by atoms with Gasteiger partial charge in [0.2, 0.25) is 11.8 Å². The van der Waals surface area contributed by atoms with Crippen molar-refractivity contribution in [2.45, 2.75) is 28.7 Å². The summed E-state index contributed by atoms with van der Waals surface area (Å²) in [5.41, 5.74) is 2.26. The summed E-state index contributed by atoms with van der Waals surface area (Å²) in [6, 6.07) is 16.2. The Kier molecular flexibility index (Phi) is 4.59. The van der Waals surface area contributed by atoms with Crippen molar-refractivity contribution in [3.63, 3.8) is 0 Å². The second-order valence-electron chi connectivity index (χ2n) is 6.54. The van der Waals surface area contributed by atoms with Crippen LogP contribution in [0.3, 0.4) is 0 Å². The predicted molar refractivity (Wildman–Crippen MR) is 103 cm³/mol. The molecular formula is C20H21N3O2S.